The fourth-order valence-corrected chi connectivity index (χ4v) is 3.97. The van der Waals surface area contributed by atoms with Crippen molar-refractivity contribution in [2.75, 3.05) is 43.5 Å². The van der Waals surface area contributed by atoms with Gasteiger partial charge in [-0.25, -0.2) is 9.97 Å². The number of hydrogen-bond acceptors (Lipinski definition) is 6. The summed E-state index contributed by atoms with van der Waals surface area (Å²) >= 11 is 6.43. The second-order valence-electron chi connectivity index (χ2n) is 7.57. The van der Waals surface area contributed by atoms with Crippen LogP contribution in [0, 0.1) is 5.92 Å². The van der Waals surface area contributed by atoms with Gasteiger partial charge in [-0.1, -0.05) is 17.7 Å². The Kier molecular flexibility index (Phi) is 6.62. The number of nitrogens with zero attached hydrogens (tertiary/aromatic N) is 2. The van der Waals surface area contributed by atoms with Crippen LogP contribution in [0.3, 0.4) is 0 Å². The van der Waals surface area contributed by atoms with Crippen molar-refractivity contribution >= 4 is 23.2 Å². The second-order valence-corrected chi connectivity index (χ2v) is 7.98. The van der Waals surface area contributed by atoms with Crippen LogP contribution >= 0.6 is 11.6 Å². The molecule has 0 aliphatic carbocycles. The summed E-state index contributed by atoms with van der Waals surface area (Å²) in [4.78, 5) is 9.19. The Balaban J connectivity index is 1.42. The van der Waals surface area contributed by atoms with Crippen LogP contribution in [0.4, 0.5) is 11.6 Å². The molecule has 150 valence electrons. The highest BCUT2D eigenvalue weighted by Gasteiger charge is 2.15. The van der Waals surface area contributed by atoms with E-state index in [0.717, 1.165) is 68.6 Å². The van der Waals surface area contributed by atoms with Crippen LogP contribution in [-0.4, -0.2) is 48.9 Å². The Labute approximate surface area is 171 Å². The fraction of sp³-hybridized carbons (Fsp3) is 0.524. The number of anilines is 2. The smallest absolute Gasteiger partial charge is 0.126 e. The number of nitrogens with one attached hydrogen (secondary N) is 3. The van der Waals surface area contributed by atoms with Crippen molar-refractivity contribution in [1.82, 2.24) is 15.3 Å². The first-order valence-electron chi connectivity index (χ1n) is 10.2. The Bertz CT molecular complexity index is 775. The van der Waals surface area contributed by atoms with Crippen molar-refractivity contribution in [3.05, 3.63) is 35.5 Å². The molecule has 0 spiro atoms. The zero-order chi connectivity index (χ0) is 19.2. The van der Waals surface area contributed by atoms with Crippen molar-refractivity contribution in [2.45, 2.75) is 31.7 Å². The zero-order valence-electron chi connectivity index (χ0n) is 16.1. The summed E-state index contributed by atoms with van der Waals surface area (Å²) < 4.78 is 5.43. The van der Waals surface area contributed by atoms with Gasteiger partial charge in [-0.3, -0.25) is 0 Å². The van der Waals surface area contributed by atoms with E-state index in [0.29, 0.717) is 17.0 Å². The molecule has 2 saturated heterocycles. The summed E-state index contributed by atoms with van der Waals surface area (Å²) in [6.45, 7) is 4.61. The molecule has 2 aromatic heterocycles. The van der Waals surface area contributed by atoms with E-state index in [-0.39, 0.29) is 0 Å². The molecule has 4 rings (SSSR count). The van der Waals surface area contributed by atoms with E-state index in [1.165, 1.54) is 12.8 Å². The van der Waals surface area contributed by atoms with Gasteiger partial charge in [-0.2, -0.15) is 0 Å². The molecule has 2 aliphatic heterocycles. The summed E-state index contributed by atoms with van der Waals surface area (Å²) in [5.41, 5.74) is 1.75. The average Bonchev–Trinajstić information content (AvgIpc) is 3.26. The zero-order valence-corrected chi connectivity index (χ0v) is 16.8. The number of ether oxygens (including phenoxy) is 1. The first kappa shape index (κ1) is 19.4. The molecule has 7 heteroatoms. The van der Waals surface area contributed by atoms with Gasteiger partial charge < -0.3 is 20.7 Å². The highest BCUT2D eigenvalue weighted by atomic mass is 35.5. The maximum absolute atomic E-state index is 6.43. The Morgan fingerprint density at radius 1 is 1.11 bits per heavy atom. The largest absolute Gasteiger partial charge is 0.381 e. The second kappa shape index (κ2) is 9.54. The third-order valence-electron chi connectivity index (χ3n) is 5.49. The Hall–Kier alpha value is -1.89. The van der Waals surface area contributed by atoms with Crippen LogP contribution in [0.25, 0.3) is 11.3 Å². The highest BCUT2D eigenvalue weighted by molar-refractivity contribution is 6.33. The van der Waals surface area contributed by atoms with Gasteiger partial charge in [0.2, 0.25) is 0 Å². The van der Waals surface area contributed by atoms with E-state index in [1.54, 1.807) is 6.20 Å². The maximum Gasteiger partial charge on any atom is 0.126 e. The van der Waals surface area contributed by atoms with Crippen molar-refractivity contribution in [2.24, 2.45) is 5.92 Å². The fourth-order valence-electron chi connectivity index (χ4n) is 3.77. The van der Waals surface area contributed by atoms with Gasteiger partial charge in [0.25, 0.3) is 0 Å². The van der Waals surface area contributed by atoms with E-state index in [9.17, 15) is 0 Å². The molecular weight excluding hydrogens is 374 g/mol. The van der Waals surface area contributed by atoms with Gasteiger partial charge in [-0.15, -0.1) is 0 Å². The van der Waals surface area contributed by atoms with Gasteiger partial charge in [-0.05, 0) is 56.3 Å². The third kappa shape index (κ3) is 5.13. The first-order chi connectivity index (χ1) is 13.8. The molecule has 0 amide bonds. The molecule has 6 nitrogen and oxygen atoms in total. The minimum atomic E-state index is 0.511. The van der Waals surface area contributed by atoms with E-state index in [4.69, 9.17) is 21.3 Å². The van der Waals surface area contributed by atoms with Gasteiger partial charge in [0.15, 0.2) is 0 Å². The lowest BCUT2D eigenvalue weighted by molar-refractivity contribution is 0.0699. The van der Waals surface area contributed by atoms with Crippen LogP contribution in [0.5, 0.6) is 0 Å². The van der Waals surface area contributed by atoms with Crippen molar-refractivity contribution in [3.63, 3.8) is 0 Å². The van der Waals surface area contributed by atoms with Gasteiger partial charge >= 0.3 is 0 Å². The first-order valence-corrected chi connectivity index (χ1v) is 10.6. The van der Waals surface area contributed by atoms with Crippen molar-refractivity contribution < 1.29 is 4.74 Å². The van der Waals surface area contributed by atoms with Crippen LogP contribution in [0.15, 0.2) is 30.5 Å². The molecule has 3 N–H and O–H groups in total. The average molecular weight is 402 g/mol. The molecule has 0 saturated carbocycles. The quantitative estimate of drug-likeness (QED) is 0.655. The summed E-state index contributed by atoms with van der Waals surface area (Å²) in [7, 11) is 0. The molecule has 0 unspecified atom stereocenters. The molecule has 1 atom stereocenters. The minimum Gasteiger partial charge on any atom is -0.381 e. The van der Waals surface area contributed by atoms with Crippen LogP contribution < -0.4 is 16.0 Å². The summed E-state index contributed by atoms with van der Waals surface area (Å²) in [6, 6.07) is 8.51. The molecule has 4 heterocycles. The molecule has 0 bridgehead atoms. The SMILES string of the molecule is Clc1cnc(NC[C@@H]2CCCN2)cc1-c1cccc(NCC2CCOCC2)n1. The number of pyridine rings is 2. The van der Waals surface area contributed by atoms with Gasteiger partial charge in [0, 0.05) is 44.1 Å². The third-order valence-corrected chi connectivity index (χ3v) is 5.79. The molecular formula is C21H28ClN5O. The van der Waals surface area contributed by atoms with Crippen LogP contribution in [0.1, 0.15) is 25.7 Å². The number of rotatable bonds is 7. The Morgan fingerprint density at radius 2 is 1.96 bits per heavy atom. The summed E-state index contributed by atoms with van der Waals surface area (Å²) in [5, 5.41) is 11.0. The van der Waals surface area contributed by atoms with Crippen LogP contribution in [-0.2, 0) is 4.74 Å². The molecule has 28 heavy (non-hydrogen) atoms. The van der Waals surface area contributed by atoms with E-state index >= 15 is 0 Å². The number of hydrogen-bond donors (Lipinski definition) is 3. The van der Waals surface area contributed by atoms with E-state index < -0.39 is 0 Å². The van der Waals surface area contributed by atoms with Crippen molar-refractivity contribution in [3.8, 4) is 11.3 Å². The van der Waals surface area contributed by atoms with E-state index in [2.05, 4.69) is 20.9 Å². The molecule has 0 radical (unpaired) electrons. The summed E-state index contributed by atoms with van der Waals surface area (Å²) in [6.07, 6.45) is 6.35. The summed E-state index contributed by atoms with van der Waals surface area (Å²) in [5.74, 6) is 2.35. The molecule has 2 fully saturated rings. The Morgan fingerprint density at radius 3 is 2.79 bits per heavy atom. The lowest BCUT2D eigenvalue weighted by Gasteiger charge is -2.22. The lowest BCUT2D eigenvalue weighted by Crippen LogP contribution is -2.29. The number of aromatic nitrogens is 2. The minimum absolute atomic E-state index is 0.511. The van der Waals surface area contributed by atoms with Crippen LogP contribution in [0.2, 0.25) is 5.02 Å². The molecule has 2 aliphatic rings. The normalized spacial score (nSPS) is 20.2. The predicted octanol–water partition coefficient (Wildman–Crippen LogP) is 3.80. The molecule has 0 aromatic carbocycles. The monoisotopic (exact) mass is 401 g/mol. The standard InChI is InChI=1S/C21H28ClN5O/c22-18-14-26-21(25-13-16-3-2-8-23-16)11-17(18)19-4-1-5-20(27-19)24-12-15-6-9-28-10-7-15/h1,4-5,11,14-16,23H,2-3,6-10,12-13H2,(H,24,27)(H,25,26)/t16-/m0/s1. The van der Waals surface area contributed by atoms with E-state index in [1.807, 2.05) is 24.3 Å². The van der Waals surface area contributed by atoms with Gasteiger partial charge in [0.05, 0.1) is 10.7 Å². The van der Waals surface area contributed by atoms with Gasteiger partial charge in [0.1, 0.15) is 11.6 Å². The van der Waals surface area contributed by atoms with Crippen molar-refractivity contribution in [1.29, 1.82) is 0 Å². The molecule has 2 aromatic rings. The number of halogens is 1. The maximum atomic E-state index is 6.43. The highest BCUT2D eigenvalue weighted by Crippen LogP contribution is 2.29. The topological polar surface area (TPSA) is 71.1 Å². The lowest BCUT2D eigenvalue weighted by atomic mass is 10.0. The predicted molar refractivity (Wildman–Crippen MR) is 114 cm³/mol.